The molecule has 0 heterocycles. The normalized spacial score (nSPS) is 12.2. The predicted molar refractivity (Wildman–Crippen MR) is 133 cm³/mol. The van der Waals surface area contributed by atoms with Crippen molar-refractivity contribution in [1.29, 1.82) is 0 Å². The molecule has 0 spiro atoms. The maximum Gasteiger partial charge on any atom is 0.331 e. The van der Waals surface area contributed by atoms with Crippen molar-refractivity contribution in [2.24, 2.45) is 0 Å². The van der Waals surface area contributed by atoms with Crippen molar-refractivity contribution >= 4 is 22.1 Å². The predicted octanol–water partition coefficient (Wildman–Crippen LogP) is 4.34. The van der Waals surface area contributed by atoms with E-state index < -0.39 is 27.8 Å². The molecular formula is C25H47NO7S. The van der Waals surface area contributed by atoms with Crippen LogP contribution in [-0.2, 0) is 29.2 Å². The number of unbranched alkanes of at least 4 members (excludes halogenated alkanes) is 9. The number of ether oxygens (including phenoxy) is 2. The monoisotopic (exact) mass is 505 g/mol. The molecule has 200 valence electrons. The zero-order valence-corrected chi connectivity index (χ0v) is 22.4. The van der Waals surface area contributed by atoms with Crippen LogP contribution < -0.4 is 0 Å². The fourth-order valence-corrected chi connectivity index (χ4v) is 4.36. The number of esters is 2. The van der Waals surface area contributed by atoms with Crippen molar-refractivity contribution in [3.63, 3.8) is 0 Å². The van der Waals surface area contributed by atoms with E-state index in [4.69, 9.17) is 9.47 Å². The van der Waals surface area contributed by atoms with Crippen LogP contribution in [0.2, 0.25) is 0 Å². The molecule has 0 aromatic heterocycles. The van der Waals surface area contributed by atoms with Crippen LogP contribution >= 0.6 is 0 Å². The Bertz CT molecular complexity index is 673. The summed E-state index contributed by atoms with van der Waals surface area (Å²) in [6, 6.07) is 0. The van der Waals surface area contributed by atoms with E-state index in [9.17, 15) is 22.6 Å². The average molecular weight is 506 g/mol. The molecule has 8 nitrogen and oxygen atoms in total. The lowest BCUT2D eigenvalue weighted by molar-refractivity contribution is -0.925. The van der Waals surface area contributed by atoms with Crippen LogP contribution in [0.25, 0.3) is 0 Å². The topological polar surface area (TPSA) is 110 Å². The minimum Gasteiger partial charge on any atom is -0.748 e. The third kappa shape index (κ3) is 18.9. The minimum atomic E-state index is -4.23. The molecular weight excluding hydrogens is 458 g/mol. The molecule has 0 unspecified atom stereocenters. The molecule has 0 fully saturated rings. The first-order valence-electron chi connectivity index (χ1n) is 13.0. The smallest absolute Gasteiger partial charge is 0.331 e. The van der Waals surface area contributed by atoms with E-state index in [1.54, 1.807) is 0 Å². The van der Waals surface area contributed by atoms with E-state index in [-0.39, 0.29) is 13.0 Å². The van der Waals surface area contributed by atoms with Gasteiger partial charge in [-0.25, -0.2) is 18.0 Å². The van der Waals surface area contributed by atoms with Crippen molar-refractivity contribution in [1.82, 2.24) is 0 Å². The molecule has 0 aliphatic rings. The molecule has 0 saturated heterocycles. The first-order chi connectivity index (χ1) is 16.2. The second-order valence-corrected chi connectivity index (χ2v) is 10.4. The average Bonchev–Trinajstić information content (AvgIpc) is 2.79. The highest BCUT2D eigenvalue weighted by Crippen LogP contribution is 2.11. The molecule has 0 amide bonds. The third-order valence-corrected chi connectivity index (χ3v) is 7.06. The number of nitrogens with zero attached hydrogens (tertiary/aromatic N) is 1. The number of likely N-dealkylation sites (N-methyl/N-ethyl adjacent to an activating group) is 1. The first-order valence-corrected chi connectivity index (χ1v) is 14.6. The summed E-state index contributed by atoms with van der Waals surface area (Å²) in [7, 11) is -4.23. The summed E-state index contributed by atoms with van der Waals surface area (Å²) in [6.07, 6.45) is 14.5. The van der Waals surface area contributed by atoms with Crippen LogP contribution in [-0.4, -0.2) is 74.5 Å². The van der Waals surface area contributed by atoms with Crippen molar-refractivity contribution in [3.05, 3.63) is 12.2 Å². The minimum absolute atomic E-state index is 0.141. The van der Waals surface area contributed by atoms with Gasteiger partial charge in [-0.3, -0.25) is 0 Å². The van der Waals surface area contributed by atoms with E-state index in [0.29, 0.717) is 24.2 Å². The molecule has 0 atom stereocenters. The van der Waals surface area contributed by atoms with Crippen LogP contribution in [0, 0.1) is 0 Å². The van der Waals surface area contributed by atoms with Gasteiger partial charge in [0.05, 0.1) is 36.4 Å². The number of rotatable bonds is 22. The van der Waals surface area contributed by atoms with E-state index >= 15 is 0 Å². The van der Waals surface area contributed by atoms with Gasteiger partial charge in [0.2, 0.25) is 0 Å². The Morgan fingerprint density at radius 3 is 1.65 bits per heavy atom. The molecule has 34 heavy (non-hydrogen) atoms. The van der Waals surface area contributed by atoms with E-state index in [2.05, 4.69) is 6.92 Å². The van der Waals surface area contributed by atoms with Gasteiger partial charge in [-0.1, -0.05) is 64.7 Å². The van der Waals surface area contributed by atoms with Crippen molar-refractivity contribution in [2.45, 2.75) is 91.4 Å². The third-order valence-electron chi connectivity index (χ3n) is 6.28. The molecule has 0 radical (unpaired) electrons. The van der Waals surface area contributed by atoms with Gasteiger partial charge in [0, 0.05) is 24.3 Å². The Kier molecular flexibility index (Phi) is 19.0. The van der Waals surface area contributed by atoms with Crippen molar-refractivity contribution in [3.8, 4) is 0 Å². The van der Waals surface area contributed by atoms with Gasteiger partial charge in [-0.15, -0.1) is 0 Å². The lowest BCUT2D eigenvalue weighted by Crippen LogP contribution is -2.51. The lowest BCUT2D eigenvalue weighted by Gasteiger charge is -2.36. The highest BCUT2D eigenvalue weighted by Gasteiger charge is 2.23. The summed E-state index contributed by atoms with van der Waals surface area (Å²) < 4.78 is 43.3. The van der Waals surface area contributed by atoms with Gasteiger partial charge >= 0.3 is 11.9 Å². The molecule has 0 aromatic carbocycles. The van der Waals surface area contributed by atoms with E-state index in [1.807, 2.05) is 13.8 Å². The van der Waals surface area contributed by atoms with Gasteiger partial charge in [0.15, 0.2) is 0 Å². The molecule has 0 aliphatic carbocycles. The molecule has 0 aliphatic heterocycles. The van der Waals surface area contributed by atoms with E-state index in [1.165, 1.54) is 44.9 Å². The molecule has 0 aromatic rings. The highest BCUT2D eigenvalue weighted by molar-refractivity contribution is 7.85. The largest absolute Gasteiger partial charge is 0.748 e. The maximum absolute atomic E-state index is 11.9. The summed E-state index contributed by atoms with van der Waals surface area (Å²) in [5.74, 6) is -1.57. The number of carbonyl (C=O) groups excluding carboxylic acids is 2. The Morgan fingerprint density at radius 2 is 1.18 bits per heavy atom. The summed E-state index contributed by atoms with van der Waals surface area (Å²) in [6.45, 7) is 9.15. The van der Waals surface area contributed by atoms with Gasteiger partial charge in [0.25, 0.3) is 0 Å². The second kappa shape index (κ2) is 19.8. The molecule has 0 rings (SSSR count). The standard InChI is InChI=1S/C25H47NO7S/c1-4-7-8-9-10-11-12-13-14-15-21-32-24(27)17-18-25(28)33-22-20-26(5-2,6-3)19-16-23-34(29,30)31/h17-18H,4-16,19-23H2,1-3H3/b18-17-. The van der Waals surface area contributed by atoms with Gasteiger partial charge in [-0.05, 0) is 20.3 Å². The fraction of sp³-hybridized carbons (Fsp3) is 0.840. The number of hydrogen-bond acceptors (Lipinski definition) is 7. The van der Waals surface area contributed by atoms with Crippen LogP contribution in [0.3, 0.4) is 0 Å². The fourth-order valence-electron chi connectivity index (χ4n) is 3.88. The zero-order chi connectivity index (χ0) is 25.7. The van der Waals surface area contributed by atoms with Crippen molar-refractivity contribution in [2.75, 3.05) is 45.1 Å². The van der Waals surface area contributed by atoms with E-state index in [0.717, 1.165) is 44.5 Å². The Hall–Kier alpha value is -1.45. The highest BCUT2D eigenvalue weighted by atomic mass is 32.2. The lowest BCUT2D eigenvalue weighted by atomic mass is 10.1. The van der Waals surface area contributed by atoms with Gasteiger partial charge < -0.3 is 18.5 Å². The SMILES string of the molecule is CCCCCCCCCCCCOC(=O)/C=C\C(=O)OCC[N+](CC)(CC)CCCS(=O)(=O)[O-]. The first kappa shape index (κ1) is 32.5. The number of quaternary nitrogens is 1. The van der Waals surface area contributed by atoms with Gasteiger partial charge in [0.1, 0.15) is 13.2 Å². The van der Waals surface area contributed by atoms with Crippen molar-refractivity contribution < 1.29 is 36.5 Å². The summed E-state index contributed by atoms with van der Waals surface area (Å²) in [5, 5.41) is 0. The number of carbonyl (C=O) groups is 2. The number of hydrogen-bond donors (Lipinski definition) is 0. The summed E-state index contributed by atoms with van der Waals surface area (Å²) in [4.78, 5) is 23.6. The molecule has 0 N–H and O–H groups in total. The quantitative estimate of drug-likeness (QED) is 0.0707. The summed E-state index contributed by atoms with van der Waals surface area (Å²) >= 11 is 0. The molecule has 0 saturated carbocycles. The Labute approximate surface area is 207 Å². The summed E-state index contributed by atoms with van der Waals surface area (Å²) in [5.41, 5.74) is 0. The van der Waals surface area contributed by atoms with Gasteiger partial charge in [-0.2, -0.15) is 0 Å². The molecule has 9 heteroatoms. The van der Waals surface area contributed by atoms with Crippen LogP contribution in [0.15, 0.2) is 12.2 Å². The van der Waals surface area contributed by atoms with Crippen LogP contribution in [0.1, 0.15) is 91.4 Å². The maximum atomic E-state index is 11.9. The Balaban J connectivity index is 3.96. The second-order valence-electron chi connectivity index (χ2n) is 8.89. The van der Waals surface area contributed by atoms with Crippen LogP contribution in [0.4, 0.5) is 0 Å². The molecule has 0 bridgehead atoms. The zero-order valence-electron chi connectivity index (χ0n) is 21.6. The van der Waals surface area contributed by atoms with Crippen LogP contribution in [0.5, 0.6) is 0 Å². The Morgan fingerprint density at radius 1 is 0.706 bits per heavy atom.